The SMILES string of the molecule is CC[C@@H](C)c1ccccc1N1C[C@@H](C(=O)OCC(=O)NCC(F)(F)F)CC1=O. The number of hydrogen-bond acceptors (Lipinski definition) is 4. The van der Waals surface area contributed by atoms with E-state index in [-0.39, 0.29) is 24.8 Å². The monoisotopic (exact) mass is 400 g/mol. The lowest BCUT2D eigenvalue weighted by molar-refractivity contribution is -0.154. The van der Waals surface area contributed by atoms with Crippen molar-refractivity contribution in [2.45, 2.75) is 38.8 Å². The minimum Gasteiger partial charge on any atom is -0.455 e. The molecule has 0 radical (unpaired) electrons. The first kappa shape index (κ1) is 21.7. The van der Waals surface area contributed by atoms with Crippen molar-refractivity contribution in [3.63, 3.8) is 0 Å². The number of benzene rings is 1. The first-order chi connectivity index (χ1) is 13.1. The van der Waals surface area contributed by atoms with Crippen LogP contribution in [0.25, 0.3) is 0 Å². The van der Waals surface area contributed by atoms with Gasteiger partial charge in [-0.1, -0.05) is 32.0 Å². The fourth-order valence-electron chi connectivity index (χ4n) is 2.97. The lowest BCUT2D eigenvalue weighted by Gasteiger charge is -2.23. The van der Waals surface area contributed by atoms with E-state index in [0.717, 1.165) is 17.7 Å². The zero-order chi connectivity index (χ0) is 20.9. The molecule has 28 heavy (non-hydrogen) atoms. The second kappa shape index (κ2) is 9.07. The Morgan fingerprint density at radius 1 is 1.32 bits per heavy atom. The number of rotatable bonds is 7. The molecular formula is C19H23F3N2O4. The van der Waals surface area contributed by atoms with Gasteiger partial charge in [-0.2, -0.15) is 13.2 Å². The fraction of sp³-hybridized carbons (Fsp3) is 0.526. The quantitative estimate of drug-likeness (QED) is 0.715. The van der Waals surface area contributed by atoms with Gasteiger partial charge in [-0.25, -0.2) is 0 Å². The van der Waals surface area contributed by atoms with Crippen LogP contribution < -0.4 is 10.2 Å². The van der Waals surface area contributed by atoms with Crippen LogP contribution in [0.2, 0.25) is 0 Å². The molecule has 6 nitrogen and oxygen atoms in total. The third-order valence-corrected chi connectivity index (χ3v) is 4.66. The van der Waals surface area contributed by atoms with Gasteiger partial charge in [0.2, 0.25) is 5.91 Å². The number of para-hydroxylation sites is 1. The topological polar surface area (TPSA) is 75.7 Å². The summed E-state index contributed by atoms with van der Waals surface area (Å²) < 4.78 is 41.0. The van der Waals surface area contributed by atoms with E-state index in [1.54, 1.807) is 5.32 Å². The van der Waals surface area contributed by atoms with Crippen LogP contribution in [0, 0.1) is 5.92 Å². The van der Waals surface area contributed by atoms with Gasteiger partial charge in [-0.05, 0) is 24.0 Å². The number of esters is 1. The molecule has 1 aliphatic heterocycles. The highest BCUT2D eigenvalue weighted by Gasteiger charge is 2.37. The molecule has 1 saturated heterocycles. The maximum Gasteiger partial charge on any atom is 0.405 e. The van der Waals surface area contributed by atoms with Crippen LogP contribution in [0.4, 0.5) is 18.9 Å². The molecule has 1 aromatic carbocycles. The van der Waals surface area contributed by atoms with Crippen molar-refractivity contribution >= 4 is 23.5 Å². The van der Waals surface area contributed by atoms with Crippen LogP contribution in [0.5, 0.6) is 0 Å². The molecule has 0 aliphatic carbocycles. The Balaban J connectivity index is 1.96. The highest BCUT2D eigenvalue weighted by Crippen LogP contribution is 2.33. The van der Waals surface area contributed by atoms with E-state index in [4.69, 9.17) is 4.74 Å². The highest BCUT2D eigenvalue weighted by molar-refractivity contribution is 6.00. The van der Waals surface area contributed by atoms with Crippen molar-refractivity contribution in [2.75, 3.05) is 24.6 Å². The minimum atomic E-state index is -4.54. The number of carbonyl (C=O) groups is 3. The molecule has 0 aromatic heterocycles. The molecule has 0 saturated carbocycles. The average molecular weight is 400 g/mol. The van der Waals surface area contributed by atoms with Crippen molar-refractivity contribution in [1.82, 2.24) is 5.32 Å². The summed E-state index contributed by atoms with van der Waals surface area (Å²) in [6.45, 7) is 1.88. The van der Waals surface area contributed by atoms with Crippen LogP contribution in [-0.4, -0.2) is 43.7 Å². The van der Waals surface area contributed by atoms with E-state index < -0.39 is 37.1 Å². The molecule has 1 aliphatic rings. The molecule has 2 rings (SSSR count). The molecule has 0 spiro atoms. The first-order valence-corrected chi connectivity index (χ1v) is 9.01. The maximum absolute atomic E-state index is 12.4. The summed E-state index contributed by atoms with van der Waals surface area (Å²) in [6, 6.07) is 7.45. The molecule has 1 aromatic rings. The van der Waals surface area contributed by atoms with Gasteiger partial charge >= 0.3 is 12.1 Å². The van der Waals surface area contributed by atoms with Crippen molar-refractivity contribution in [3.8, 4) is 0 Å². The Kier molecular flexibility index (Phi) is 7.04. The Hall–Kier alpha value is -2.58. The molecule has 154 valence electrons. The number of ether oxygens (including phenoxy) is 1. The lowest BCUT2D eigenvalue weighted by atomic mass is 9.96. The van der Waals surface area contributed by atoms with Crippen molar-refractivity contribution in [1.29, 1.82) is 0 Å². The van der Waals surface area contributed by atoms with Gasteiger partial charge in [-0.15, -0.1) is 0 Å². The van der Waals surface area contributed by atoms with Gasteiger partial charge in [0.05, 0.1) is 5.92 Å². The van der Waals surface area contributed by atoms with Crippen LogP contribution in [0.1, 0.15) is 38.2 Å². The largest absolute Gasteiger partial charge is 0.455 e. The first-order valence-electron chi connectivity index (χ1n) is 9.01. The van der Waals surface area contributed by atoms with Gasteiger partial charge < -0.3 is 15.0 Å². The molecule has 2 atom stereocenters. The van der Waals surface area contributed by atoms with Crippen LogP contribution in [0.15, 0.2) is 24.3 Å². The van der Waals surface area contributed by atoms with Crippen molar-refractivity contribution in [3.05, 3.63) is 29.8 Å². The lowest BCUT2D eigenvalue weighted by Crippen LogP contribution is -2.37. The number of carbonyl (C=O) groups excluding carboxylic acids is 3. The highest BCUT2D eigenvalue weighted by atomic mass is 19.4. The fourth-order valence-corrected chi connectivity index (χ4v) is 2.97. The second-order valence-corrected chi connectivity index (χ2v) is 6.77. The third kappa shape index (κ3) is 5.71. The normalized spacial score (nSPS) is 18.1. The van der Waals surface area contributed by atoms with Crippen LogP contribution in [-0.2, 0) is 19.1 Å². The summed E-state index contributed by atoms with van der Waals surface area (Å²) in [6.07, 6.45) is -3.73. The van der Waals surface area contributed by atoms with Gasteiger partial charge in [0.25, 0.3) is 5.91 Å². The maximum atomic E-state index is 12.4. The standard InChI is InChI=1S/C19H23F3N2O4/c1-3-12(2)14-6-4-5-7-15(14)24-9-13(8-17(24)26)18(27)28-10-16(25)23-11-19(20,21)22/h4-7,12-13H,3,8-11H2,1-2H3,(H,23,25)/t12-,13+/m1/s1. The smallest absolute Gasteiger partial charge is 0.405 e. The predicted molar refractivity (Wildman–Crippen MR) is 95.6 cm³/mol. The molecule has 2 amide bonds. The second-order valence-electron chi connectivity index (χ2n) is 6.77. The molecule has 9 heteroatoms. The summed E-state index contributed by atoms with van der Waals surface area (Å²) in [5.41, 5.74) is 1.74. The molecular weight excluding hydrogens is 377 g/mol. The van der Waals surface area contributed by atoms with E-state index in [0.29, 0.717) is 0 Å². The minimum absolute atomic E-state index is 0.0716. The molecule has 1 N–H and O–H groups in total. The zero-order valence-corrected chi connectivity index (χ0v) is 15.7. The summed E-state index contributed by atoms with van der Waals surface area (Å²) in [7, 11) is 0. The average Bonchev–Trinajstić information content (AvgIpc) is 3.04. The number of nitrogens with zero attached hydrogens (tertiary/aromatic N) is 1. The summed E-state index contributed by atoms with van der Waals surface area (Å²) in [5.74, 6) is -2.60. The Bertz CT molecular complexity index is 736. The number of halogens is 3. The van der Waals surface area contributed by atoms with Gasteiger partial charge in [-0.3, -0.25) is 14.4 Å². The summed E-state index contributed by atoms with van der Waals surface area (Å²) >= 11 is 0. The number of amides is 2. The van der Waals surface area contributed by atoms with Gasteiger partial charge in [0.15, 0.2) is 6.61 Å². The summed E-state index contributed by atoms with van der Waals surface area (Å²) in [4.78, 5) is 37.4. The molecule has 0 bridgehead atoms. The number of alkyl halides is 3. The molecule has 0 unspecified atom stereocenters. The van der Waals surface area contributed by atoms with Gasteiger partial charge in [0, 0.05) is 18.7 Å². The zero-order valence-electron chi connectivity index (χ0n) is 15.7. The van der Waals surface area contributed by atoms with E-state index >= 15 is 0 Å². The van der Waals surface area contributed by atoms with E-state index in [2.05, 4.69) is 0 Å². The Morgan fingerprint density at radius 3 is 2.64 bits per heavy atom. The number of nitrogens with one attached hydrogen (secondary N) is 1. The van der Waals surface area contributed by atoms with E-state index in [1.165, 1.54) is 4.90 Å². The number of anilines is 1. The van der Waals surface area contributed by atoms with Crippen LogP contribution >= 0.6 is 0 Å². The van der Waals surface area contributed by atoms with Crippen LogP contribution in [0.3, 0.4) is 0 Å². The third-order valence-electron chi connectivity index (χ3n) is 4.66. The predicted octanol–water partition coefficient (Wildman–Crippen LogP) is 2.77. The van der Waals surface area contributed by atoms with Crippen molar-refractivity contribution in [2.24, 2.45) is 5.92 Å². The number of hydrogen-bond donors (Lipinski definition) is 1. The summed E-state index contributed by atoms with van der Waals surface area (Å²) in [5, 5.41) is 1.62. The van der Waals surface area contributed by atoms with Gasteiger partial charge in [0.1, 0.15) is 6.54 Å². The molecule has 1 fully saturated rings. The van der Waals surface area contributed by atoms with E-state index in [1.807, 2.05) is 38.1 Å². The Morgan fingerprint density at radius 2 is 2.00 bits per heavy atom. The Labute approximate surface area is 161 Å². The molecule has 1 heterocycles. The van der Waals surface area contributed by atoms with E-state index in [9.17, 15) is 27.6 Å². The van der Waals surface area contributed by atoms with Crippen molar-refractivity contribution < 1.29 is 32.3 Å².